The second kappa shape index (κ2) is 6.56. The summed E-state index contributed by atoms with van der Waals surface area (Å²) in [6, 6.07) is 11.6. The molecule has 0 aliphatic rings. The quantitative estimate of drug-likeness (QED) is 0.501. The molecule has 3 N–H and O–H groups in total. The van der Waals surface area contributed by atoms with E-state index in [9.17, 15) is 9.90 Å². The molecule has 0 bridgehead atoms. The smallest absolute Gasteiger partial charge is 0.186 e. The Kier molecular flexibility index (Phi) is 4.56. The van der Waals surface area contributed by atoms with Gasteiger partial charge in [0.25, 0.3) is 0 Å². The molecule has 0 saturated carbocycles. The van der Waals surface area contributed by atoms with Crippen molar-refractivity contribution in [2.45, 2.75) is 0 Å². The largest absolute Gasteiger partial charge is 0.507 e. The number of ether oxygens (including phenoxy) is 1. The molecule has 0 aliphatic heterocycles. The molecule has 108 valence electrons. The number of nitrogens with two attached hydrogens (primary N) is 1. The SMILES string of the molecule is COc1ccc(O)c(C=NCC(=O)c2ccccc2N)c1. The van der Waals surface area contributed by atoms with Crippen molar-refractivity contribution in [1.29, 1.82) is 0 Å². The fourth-order valence-corrected chi connectivity index (χ4v) is 1.83. The third-order valence-corrected chi connectivity index (χ3v) is 2.96. The molecule has 0 heterocycles. The summed E-state index contributed by atoms with van der Waals surface area (Å²) < 4.78 is 5.07. The Hall–Kier alpha value is -2.82. The van der Waals surface area contributed by atoms with Gasteiger partial charge in [-0.3, -0.25) is 9.79 Å². The number of phenolic OH excluding ortho intramolecular Hbond substituents is 1. The number of phenols is 1. The molecule has 0 spiro atoms. The van der Waals surface area contributed by atoms with Gasteiger partial charge in [0.2, 0.25) is 0 Å². The minimum Gasteiger partial charge on any atom is -0.507 e. The van der Waals surface area contributed by atoms with Crippen LogP contribution in [0, 0.1) is 0 Å². The number of para-hydroxylation sites is 1. The summed E-state index contributed by atoms with van der Waals surface area (Å²) in [5, 5.41) is 9.71. The first kappa shape index (κ1) is 14.6. The zero-order chi connectivity index (χ0) is 15.2. The Bertz CT molecular complexity index is 681. The van der Waals surface area contributed by atoms with Crippen LogP contribution < -0.4 is 10.5 Å². The summed E-state index contributed by atoms with van der Waals surface area (Å²) in [5.41, 5.74) is 7.11. The van der Waals surface area contributed by atoms with Crippen molar-refractivity contribution in [3.63, 3.8) is 0 Å². The number of aromatic hydroxyl groups is 1. The summed E-state index contributed by atoms with van der Waals surface area (Å²) in [6.45, 7) is -0.0368. The van der Waals surface area contributed by atoms with Gasteiger partial charge in [-0.15, -0.1) is 0 Å². The van der Waals surface area contributed by atoms with Gasteiger partial charge in [-0.1, -0.05) is 12.1 Å². The van der Waals surface area contributed by atoms with Gasteiger partial charge in [-0.2, -0.15) is 0 Å². The highest BCUT2D eigenvalue weighted by Crippen LogP contribution is 2.21. The third kappa shape index (κ3) is 3.60. The molecule has 21 heavy (non-hydrogen) atoms. The first-order valence-corrected chi connectivity index (χ1v) is 6.36. The maximum atomic E-state index is 12.0. The summed E-state index contributed by atoms with van der Waals surface area (Å²) in [6.07, 6.45) is 1.44. The van der Waals surface area contributed by atoms with Crippen molar-refractivity contribution in [2.24, 2.45) is 4.99 Å². The van der Waals surface area contributed by atoms with Crippen LogP contribution in [0.2, 0.25) is 0 Å². The van der Waals surface area contributed by atoms with E-state index in [1.54, 1.807) is 36.4 Å². The molecule has 0 amide bonds. The summed E-state index contributed by atoms with van der Waals surface area (Å²) in [4.78, 5) is 16.0. The molecule has 0 unspecified atom stereocenters. The van der Waals surface area contributed by atoms with E-state index in [4.69, 9.17) is 10.5 Å². The number of ketones is 1. The van der Waals surface area contributed by atoms with Crippen molar-refractivity contribution in [3.05, 3.63) is 53.6 Å². The number of carbonyl (C=O) groups excluding carboxylic acids is 1. The van der Waals surface area contributed by atoms with Crippen LogP contribution in [0.3, 0.4) is 0 Å². The second-order valence-electron chi connectivity index (χ2n) is 4.40. The van der Waals surface area contributed by atoms with E-state index in [-0.39, 0.29) is 18.1 Å². The van der Waals surface area contributed by atoms with Gasteiger partial charge in [-0.25, -0.2) is 0 Å². The predicted octanol–water partition coefficient (Wildman–Crippen LogP) is 2.28. The molecule has 0 radical (unpaired) electrons. The molecule has 5 heteroatoms. The lowest BCUT2D eigenvalue weighted by Gasteiger charge is -2.03. The fraction of sp³-hybridized carbons (Fsp3) is 0.125. The standard InChI is InChI=1S/C16H16N2O3/c1-21-12-6-7-15(19)11(8-12)9-18-10-16(20)13-4-2-3-5-14(13)17/h2-9,19H,10,17H2,1H3. The first-order valence-electron chi connectivity index (χ1n) is 6.36. The van der Waals surface area contributed by atoms with Gasteiger partial charge >= 0.3 is 0 Å². The van der Waals surface area contributed by atoms with E-state index in [0.717, 1.165) is 0 Å². The van der Waals surface area contributed by atoms with Crippen molar-refractivity contribution in [1.82, 2.24) is 0 Å². The molecule has 0 atom stereocenters. The van der Waals surface area contributed by atoms with Crippen LogP contribution in [0.15, 0.2) is 47.5 Å². The molecule has 0 fully saturated rings. The number of methoxy groups -OCH3 is 1. The van der Waals surface area contributed by atoms with E-state index in [0.29, 0.717) is 22.6 Å². The predicted molar refractivity (Wildman–Crippen MR) is 82.3 cm³/mol. The average Bonchev–Trinajstić information content (AvgIpc) is 2.49. The highest BCUT2D eigenvalue weighted by Gasteiger charge is 2.07. The maximum Gasteiger partial charge on any atom is 0.186 e. The Balaban J connectivity index is 2.09. The van der Waals surface area contributed by atoms with Gasteiger partial charge in [0.15, 0.2) is 5.78 Å². The number of hydrogen-bond acceptors (Lipinski definition) is 5. The molecular formula is C16H16N2O3. The molecule has 0 aromatic heterocycles. The molecule has 2 rings (SSSR count). The Morgan fingerprint density at radius 1 is 1.33 bits per heavy atom. The number of rotatable bonds is 5. The van der Waals surface area contributed by atoms with E-state index < -0.39 is 0 Å². The van der Waals surface area contributed by atoms with Crippen LogP contribution in [0.5, 0.6) is 11.5 Å². The Labute approximate surface area is 122 Å². The van der Waals surface area contributed by atoms with E-state index in [2.05, 4.69) is 4.99 Å². The number of Topliss-reactive ketones (excluding diaryl/α,β-unsaturated/α-hetero) is 1. The van der Waals surface area contributed by atoms with Crippen molar-refractivity contribution in [3.8, 4) is 11.5 Å². The number of nitrogen functional groups attached to an aromatic ring is 1. The van der Waals surface area contributed by atoms with Crippen LogP contribution >= 0.6 is 0 Å². The summed E-state index contributed by atoms with van der Waals surface area (Å²) >= 11 is 0. The molecular weight excluding hydrogens is 268 g/mol. The molecule has 2 aromatic rings. The maximum absolute atomic E-state index is 12.0. The van der Waals surface area contributed by atoms with Crippen molar-refractivity contribution < 1.29 is 14.6 Å². The lowest BCUT2D eigenvalue weighted by Crippen LogP contribution is -2.07. The lowest BCUT2D eigenvalue weighted by molar-refractivity contribution is 0.100. The number of anilines is 1. The van der Waals surface area contributed by atoms with Gasteiger partial charge in [0.05, 0.1) is 7.11 Å². The number of aliphatic imine (C=N–C) groups is 1. The molecule has 5 nitrogen and oxygen atoms in total. The fourth-order valence-electron chi connectivity index (χ4n) is 1.83. The third-order valence-electron chi connectivity index (χ3n) is 2.96. The average molecular weight is 284 g/mol. The Morgan fingerprint density at radius 3 is 2.81 bits per heavy atom. The van der Waals surface area contributed by atoms with Gasteiger partial charge in [0, 0.05) is 23.0 Å². The molecule has 0 aliphatic carbocycles. The lowest BCUT2D eigenvalue weighted by atomic mass is 10.1. The highest BCUT2D eigenvalue weighted by molar-refractivity contribution is 6.02. The molecule has 0 saturated heterocycles. The van der Waals surface area contributed by atoms with Crippen LogP contribution in [-0.2, 0) is 0 Å². The summed E-state index contributed by atoms with van der Waals surface area (Å²) in [7, 11) is 1.54. The second-order valence-corrected chi connectivity index (χ2v) is 4.40. The minimum atomic E-state index is -0.174. The summed E-state index contributed by atoms with van der Waals surface area (Å²) in [5.74, 6) is 0.505. The topological polar surface area (TPSA) is 84.9 Å². The van der Waals surface area contributed by atoms with Crippen molar-refractivity contribution >= 4 is 17.7 Å². The van der Waals surface area contributed by atoms with Crippen LogP contribution in [0.1, 0.15) is 15.9 Å². The number of hydrogen-bond donors (Lipinski definition) is 2. The number of carbonyl (C=O) groups is 1. The molecule has 2 aromatic carbocycles. The zero-order valence-corrected chi connectivity index (χ0v) is 11.6. The van der Waals surface area contributed by atoms with Crippen molar-refractivity contribution in [2.75, 3.05) is 19.4 Å². The first-order chi connectivity index (χ1) is 10.1. The van der Waals surface area contributed by atoms with Crippen LogP contribution in [0.4, 0.5) is 5.69 Å². The van der Waals surface area contributed by atoms with Crippen LogP contribution in [0.25, 0.3) is 0 Å². The van der Waals surface area contributed by atoms with Gasteiger partial charge in [-0.05, 0) is 30.3 Å². The van der Waals surface area contributed by atoms with E-state index in [1.165, 1.54) is 19.4 Å². The van der Waals surface area contributed by atoms with E-state index in [1.807, 2.05) is 0 Å². The minimum absolute atomic E-state index is 0.0368. The number of nitrogens with zero attached hydrogens (tertiary/aromatic N) is 1. The van der Waals surface area contributed by atoms with Gasteiger partial charge < -0.3 is 15.6 Å². The Morgan fingerprint density at radius 2 is 2.10 bits per heavy atom. The normalized spacial score (nSPS) is 10.7. The number of benzene rings is 2. The van der Waals surface area contributed by atoms with E-state index >= 15 is 0 Å². The highest BCUT2D eigenvalue weighted by atomic mass is 16.5. The van der Waals surface area contributed by atoms with Crippen LogP contribution in [-0.4, -0.2) is 30.8 Å². The zero-order valence-electron chi connectivity index (χ0n) is 11.6. The van der Waals surface area contributed by atoms with Gasteiger partial charge in [0.1, 0.15) is 18.0 Å². The monoisotopic (exact) mass is 284 g/mol.